The second-order valence-electron chi connectivity index (χ2n) is 4.03. The molecule has 0 aliphatic heterocycles. The molecule has 1 aromatic heterocycles. The van der Waals surface area contributed by atoms with Crippen molar-refractivity contribution in [2.45, 2.75) is 37.8 Å². The lowest BCUT2D eigenvalue weighted by Gasteiger charge is -2.31. The molecule has 0 amide bonds. The van der Waals surface area contributed by atoms with Crippen molar-refractivity contribution in [3.05, 3.63) is 5.01 Å². The third-order valence-electron chi connectivity index (χ3n) is 2.96. The van der Waals surface area contributed by atoms with Gasteiger partial charge in [-0.05, 0) is 24.4 Å². The first kappa shape index (κ1) is 11.6. The van der Waals surface area contributed by atoms with E-state index in [1.165, 1.54) is 0 Å². The Kier molecular flexibility index (Phi) is 3.05. The van der Waals surface area contributed by atoms with E-state index in [9.17, 15) is 13.2 Å². The van der Waals surface area contributed by atoms with Crippen molar-refractivity contribution in [3.8, 4) is 0 Å². The molecule has 2 unspecified atom stereocenters. The summed E-state index contributed by atoms with van der Waals surface area (Å²) >= 11 is 0.990. The topological polar surface area (TPSA) is 51.8 Å². The fourth-order valence-electron chi connectivity index (χ4n) is 2.22. The summed E-state index contributed by atoms with van der Waals surface area (Å²) in [6.45, 7) is 0. The lowest BCUT2D eigenvalue weighted by Crippen LogP contribution is -2.31. The van der Waals surface area contributed by atoms with E-state index in [-0.39, 0.29) is 12.4 Å². The average Bonchev–Trinajstić information content (AvgIpc) is 2.64. The largest absolute Gasteiger partial charge is 0.392 e. The fraction of sp³-hybridized carbons (Fsp3) is 0.778. The number of hydrogen-bond donors (Lipinski definition) is 1. The van der Waals surface area contributed by atoms with Crippen molar-refractivity contribution in [1.82, 2.24) is 9.36 Å². The molecular formula is C9H12F3N3S. The van der Waals surface area contributed by atoms with Gasteiger partial charge in [0.25, 0.3) is 0 Å². The monoisotopic (exact) mass is 251 g/mol. The number of halogens is 3. The molecule has 0 saturated heterocycles. The number of nitrogen functional groups attached to an aromatic ring is 1. The minimum atomic E-state index is -4.15. The van der Waals surface area contributed by atoms with Crippen molar-refractivity contribution in [1.29, 1.82) is 0 Å². The summed E-state index contributed by atoms with van der Waals surface area (Å²) in [7, 11) is 0. The van der Waals surface area contributed by atoms with Gasteiger partial charge in [0.15, 0.2) is 0 Å². The van der Waals surface area contributed by atoms with Crippen molar-refractivity contribution >= 4 is 17.5 Å². The smallest absolute Gasteiger partial charge is 0.367 e. The third kappa shape index (κ3) is 2.28. The number of aromatic nitrogens is 2. The molecule has 1 saturated carbocycles. The molecule has 1 aliphatic rings. The van der Waals surface area contributed by atoms with Crippen LogP contribution in [0.1, 0.15) is 36.6 Å². The standard InChI is InChI=1S/C9H12F3N3S/c10-9(11,12)6-4-2-1-3-5(6)7-14-8(13)15-16-7/h5-6H,1-4H2,(H2,13,15). The normalized spacial score (nSPS) is 26.9. The Morgan fingerprint density at radius 1 is 1.25 bits per heavy atom. The fourth-order valence-corrected chi connectivity index (χ4v) is 3.00. The van der Waals surface area contributed by atoms with Gasteiger partial charge < -0.3 is 5.73 Å². The van der Waals surface area contributed by atoms with E-state index >= 15 is 0 Å². The highest BCUT2D eigenvalue weighted by Crippen LogP contribution is 2.46. The van der Waals surface area contributed by atoms with Crippen LogP contribution in [0.15, 0.2) is 0 Å². The second-order valence-corrected chi connectivity index (χ2v) is 4.81. The van der Waals surface area contributed by atoms with Gasteiger partial charge in [-0.3, -0.25) is 0 Å². The van der Waals surface area contributed by atoms with Gasteiger partial charge in [-0.25, -0.2) is 4.98 Å². The quantitative estimate of drug-likeness (QED) is 0.834. The van der Waals surface area contributed by atoms with Crippen LogP contribution in [0.4, 0.5) is 19.1 Å². The number of alkyl halides is 3. The molecule has 16 heavy (non-hydrogen) atoms. The number of anilines is 1. The first-order chi connectivity index (χ1) is 7.48. The minimum absolute atomic E-state index is 0.0755. The van der Waals surface area contributed by atoms with Gasteiger partial charge in [-0.1, -0.05) is 12.8 Å². The van der Waals surface area contributed by atoms with Crippen LogP contribution in [0.3, 0.4) is 0 Å². The van der Waals surface area contributed by atoms with E-state index in [1.54, 1.807) is 0 Å². The van der Waals surface area contributed by atoms with Crippen LogP contribution < -0.4 is 5.73 Å². The lowest BCUT2D eigenvalue weighted by molar-refractivity contribution is -0.187. The van der Waals surface area contributed by atoms with Crippen LogP contribution in [0.25, 0.3) is 0 Å². The van der Waals surface area contributed by atoms with Crippen molar-refractivity contribution in [2.75, 3.05) is 5.73 Å². The Hall–Kier alpha value is -0.850. The van der Waals surface area contributed by atoms with Crippen LogP contribution in [-0.2, 0) is 0 Å². The molecule has 3 nitrogen and oxygen atoms in total. The Labute approximate surface area is 95.0 Å². The molecule has 2 N–H and O–H groups in total. The van der Waals surface area contributed by atoms with Crippen LogP contribution >= 0.6 is 11.5 Å². The molecule has 1 aromatic rings. The summed E-state index contributed by atoms with van der Waals surface area (Å²) < 4.78 is 42.2. The molecule has 0 aromatic carbocycles. The Bertz CT molecular complexity index is 363. The molecule has 0 bridgehead atoms. The van der Waals surface area contributed by atoms with Crippen LogP contribution in [-0.4, -0.2) is 15.5 Å². The van der Waals surface area contributed by atoms with E-state index in [0.29, 0.717) is 17.8 Å². The Morgan fingerprint density at radius 2 is 1.94 bits per heavy atom. The summed E-state index contributed by atoms with van der Waals surface area (Å²) in [5.41, 5.74) is 5.35. The molecule has 1 heterocycles. The van der Waals surface area contributed by atoms with Crippen LogP contribution in [0.5, 0.6) is 0 Å². The predicted molar refractivity (Wildman–Crippen MR) is 55.1 cm³/mol. The number of hydrogen-bond acceptors (Lipinski definition) is 4. The van der Waals surface area contributed by atoms with Crippen molar-refractivity contribution in [3.63, 3.8) is 0 Å². The van der Waals surface area contributed by atoms with E-state index in [2.05, 4.69) is 9.36 Å². The zero-order valence-electron chi connectivity index (χ0n) is 8.50. The highest BCUT2D eigenvalue weighted by molar-refractivity contribution is 7.05. The molecular weight excluding hydrogens is 239 g/mol. The summed E-state index contributed by atoms with van der Waals surface area (Å²) in [5, 5.41) is 0.430. The van der Waals surface area contributed by atoms with Crippen LogP contribution in [0.2, 0.25) is 0 Å². The van der Waals surface area contributed by atoms with E-state index < -0.39 is 18.0 Å². The molecule has 1 aliphatic carbocycles. The molecule has 0 radical (unpaired) electrons. The van der Waals surface area contributed by atoms with Gasteiger partial charge in [-0.2, -0.15) is 17.5 Å². The van der Waals surface area contributed by atoms with Gasteiger partial charge in [0, 0.05) is 5.92 Å². The molecule has 90 valence electrons. The molecule has 0 spiro atoms. The van der Waals surface area contributed by atoms with Gasteiger partial charge >= 0.3 is 6.18 Å². The number of nitrogens with zero attached hydrogens (tertiary/aromatic N) is 2. The molecule has 7 heteroatoms. The average molecular weight is 251 g/mol. The number of nitrogens with two attached hydrogens (primary N) is 1. The maximum atomic E-state index is 12.8. The number of rotatable bonds is 1. The minimum Gasteiger partial charge on any atom is -0.367 e. The van der Waals surface area contributed by atoms with Gasteiger partial charge in [-0.15, -0.1) is 0 Å². The first-order valence-electron chi connectivity index (χ1n) is 5.14. The Balaban J connectivity index is 2.23. The maximum absolute atomic E-state index is 12.8. The zero-order valence-corrected chi connectivity index (χ0v) is 9.31. The summed E-state index contributed by atoms with van der Waals surface area (Å²) in [5.74, 6) is -1.76. The van der Waals surface area contributed by atoms with Crippen molar-refractivity contribution < 1.29 is 13.2 Å². The van der Waals surface area contributed by atoms with Crippen molar-refractivity contribution in [2.24, 2.45) is 5.92 Å². The van der Waals surface area contributed by atoms with E-state index in [1.807, 2.05) is 0 Å². The Morgan fingerprint density at radius 3 is 2.50 bits per heavy atom. The lowest BCUT2D eigenvalue weighted by atomic mass is 9.79. The zero-order chi connectivity index (χ0) is 11.8. The molecule has 1 fully saturated rings. The summed E-state index contributed by atoms with van der Waals surface area (Å²) in [6, 6.07) is 0. The first-order valence-corrected chi connectivity index (χ1v) is 5.91. The van der Waals surface area contributed by atoms with Gasteiger partial charge in [0.1, 0.15) is 5.01 Å². The predicted octanol–water partition coefficient (Wildman–Crippen LogP) is 2.96. The van der Waals surface area contributed by atoms with E-state index in [4.69, 9.17) is 5.73 Å². The second kappa shape index (κ2) is 4.20. The highest BCUT2D eigenvalue weighted by Gasteiger charge is 2.46. The molecule has 2 rings (SSSR count). The van der Waals surface area contributed by atoms with Crippen LogP contribution in [0, 0.1) is 5.92 Å². The highest BCUT2D eigenvalue weighted by atomic mass is 32.1. The maximum Gasteiger partial charge on any atom is 0.392 e. The molecule has 2 atom stereocenters. The third-order valence-corrected chi connectivity index (χ3v) is 3.82. The van der Waals surface area contributed by atoms with Gasteiger partial charge in [0.05, 0.1) is 5.92 Å². The summed E-state index contributed by atoms with van der Waals surface area (Å²) in [4.78, 5) is 3.88. The SMILES string of the molecule is Nc1nsc(C2CCCCC2C(F)(F)F)n1. The van der Waals surface area contributed by atoms with E-state index in [0.717, 1.165) is 18.0 Å². The van der Waals surface area contributed by atoms with Gasteiger partial charge in [0.2, 0.25) is 5.95 Å². The summed E-state index contributed by atoms with van der Waals surface area (Å²) in [6.07, 6.45) is -1.98.